The molecule has 0 unspecified atom stereocenters. The van der Waals surface area contributed by atoms with Gasteiger partial charge in [-0.05, 0) is 55.1 Å². The Bertz CT molecular complexity index is 1130. The largest absolute Gasteiger partial charge is 0.481 e. The maximum atomic E-state index is 14.0. The van der Waals surface area contributed by atoms with Crippen LogP contribution in [-0.4, -0.2) is 50.8 Å². The van der Waals surface area contributed by atoms with Crippen LogP contribution in [0.5, 0.6) is 0 Å². The smallest absolute Gasteiger partial charge is 0.306 e. The standard InChI is InChI=1S/C30H42O7/c1-15(10-17(31)11-16(2)26(36)37)18-12-23(35)30(7)25-19(32)13-21-27(3,4)22(34)8-9-28(21,5)24(25)20(33)14-29(18,30)6/h10,16,18-19,21,23,32,35H,8-9,11-14H2,1-7H3,(H,36,37)/b15-10-/t16-,18-,19-,21-,23-,28+,29+,30+/m0/s1. The minimum atomic E-state index is -1.03. The second kappa shape index (κ2) is 8.70. The maximum Gasteiger partial charge on any atom is 0.306 e. The van der Waals surface area contributed by atoms with E-state index in [2.05, 4.69) is 6.92 Å². The van der Waals surface area contributed by atoms with Crippen LogP contribution in [0.25, 0.3) is 0 Å². The van der Waals surface area contributed by atoms with E-state index in [9.17, 15) is 29.4 Å². The number of fused-ring (bicyclic) bond motifs is 4. The molecule has 2 fully saturated rings. The molecule has 0 aromatic carbocycles. The summed E-state index contributed by atoms with van der Waals surface area (Å²) in [5, 5.41) is 32.4. The zero-order valence-electron chi connectivity index (χ0n) is 23.2. The van der Waals surface area contributed by atoms with Crippen molar-refractivity contribution in [2.75, 3.05) is 0 Å². The Labute approximate surface area is 219 Å². The van der Waals surface area contributed by atoms with Gasteiger partial charge >= 0.3 is 5.97 Å². The highest BCUT2D eigenvalue weighted by molar-refractivity contribution is 6.01. The van der Waals surface area contributed by atoms with E-state index in [0.717, 1.165) is 5.57 Å². The molecule has 4 aliphatic carbocycles. The second-order valence-corrected chi connectivity index (χ2v) is 13.5. The third kappa shape index (κ3) is 3.75. The monoisotopic (exact) mass is 514 g/mol. The number of allylic oxidation sites excluding steroid dienone is 3. The number of carbonyl (C=O) groups excluding carboxylic acids is 3. The molecule has 8 atom stereocenters. The van der Waals surface area contributed by atoms with E-state index < -0.39 is 45.8 Å². The number of hydrogen-bond donors (Lipinski definition) is 3. The lowest BCUT2D eigenvalue weighted by Gasteiger charge is -2.61. The molecule has 37 heavy (non-hydrogen) atoms. The molecule has 3 N–H and O–H groups in total. The van der Waals surface area contributed by atoms with Crippen molar-refractivity contribution >= 4 is 23.3 Å². The minimum Gasteiger partial charge on any atom is -0.481 e. The SMILES string of the molecule is C/C(=C/C(=O)C[C@H](C)C(=O)O)[C@@H]1C[C@H](O)[C@]2(C)C3=C(C(=O)C[C@]12C)[C@]1(C)CCC(=O)C(C)(C)[C@@H]1C[C@@H]3O. The van der Waals surface area contributed by atoms with Gasteiger partial charge in [0.1, 0.15) is 5.78 Å². The highest BCUT2D eigenvalue weighted by Gasteiger charge is 2.69. The molecule has 0 aliphatic heterocycles. The third-order valence-electron chi connectivity index (χ3n) is 11.2. The van der Waals surface area contributed by atoms with Crippen LogP contribution >= 0.6 is 0 Å². The highest BCUT2D eigenvalue weighted by Crippen LogP contribution is 2.71. The molecule has 4 rings (SSSR count). The summed E-state index contributed by atoms with van der Waals surface area (Å²) in [6, 6.07) is 0. The van der Waals surface area contributed by atoms with Crippen molar-refractivity contribution in [1.29, 1.82) is 0 Å². The van der Waals surface area contributed by atoms with Gasteiger partial charge in [-0.15, -0.1) is 0 Å². The molecule has 7 nitrogen and oxygen atoms in total. The quantitative estimate of drug-likeness (QED) is 0.472. The number of Topliss-reactive ketones (excluding diaryl/α,β-unsaturated/α-hetero) is 2. The number of aliphatic hydroxyl groups is 2. The Kier molecular flexibility index (Phi) is 6.56. The van der Waals surface area contributed by atoms with Gasteiger partial charge in [0.15, 0.2) is 11.6 Å². The molecule has 0 radical (unpaired) electrons. The summed E-state index contributed by atoms with van der Waals surface area (Å²) in [6.07, 6.45) is 1.42. The molecule has 0 saturated heterocycles. The molecule has 0 bridgehead atoms. The molecule has 0 aromatic heterocycles. The maximum absolute atomic E-state index is 14.0. The van der Waals surface area contributed by atoms with Crippen LogP contribution in [0.3, 0.4) is 0 Å². The van der Waals surface area contributed by atoms with Gasteiger partial charge in [0.2, 0.25) is 0 Å². The number of hydrogen-bond acceptors (Lipinski definition) is 6. The van der Waals surface area contributed by atoms with Gasteiger partial charge in [-0.3, -0.25) is 19.2 Å². The van der Waals surface area contributed by atoms with E-state index in [0.29, 0.717) is 36.8 Å². The number of ketones is 3. The Morgan fingerprint density at radius 3 is 2.30 bits per heavy atom. The Morgan fingerprint density at radius 2 is 1.70 bits per heavy atom. The van der Waals surface area contributed by atoms with Crippen LogP contribution in [-0.2, 0) is 19.2 Å². The molecular formula is C30H42O7. The van der Waals surface area contributed by atoms with E-state index >= 15 is 0 Å². The molecule has 0 spiro atoms. The van der Waals surface area contributed by atoms with Crippen molar-refractivity contribution < 1.29 is 34.5 Å². The zero-order valence-corrected chi connectivity index (χ0v) is 23.2. The van der Waals surface area contributed by atoms with Crippen molar-refractivity contribution in [3.8, 4) is 0 Å². The van der Waals surface area contributed by atoms with Gasteiger partial charge in [-0.25, -0.2) is 0 Å². The molecule has 2 saturated carbocycles. The Balaban J connectivity index is 1.80. The first-order chi connectivity index (χ1) is 16.9. The van der Waals surface area contributed by atoms with E-state index in [1.54, 1.807) is 0 Å². The van der Waals surface area contributed by atoms with E-state index in [1.165, 1.54) is 13.0 Å². The van der Waals surface area contributed by atoms with Crippen LogP contribution in [0.2, 0.25) is 0 Å². The summed E-state index contributed by atoms with van der Waals surface area (Å²) in [7, 11) is 0. The first-order valence-corrected chi connectivity index (χ1v) is 13.5. The topological polar surface area (TPSA) is 129 Å². The summed E-state index contributed by atoms with van der Waals surface area (Å²) in [6.45, 7) is 13.1. The number of aliphatic carboxylic acids is 1. The summed E-state index contributed by atoms with van der Waals surface area (Å²) >= 11 is 0. The van der Waals surface area contributed by atoms with Crippen LogP contribution in [0.4, 0.5) is 0 Å². The third-order valence-corrected chi connectivity index (χ3v) is 11.2. The van der Waals surface area contributed by atoms with Crippen molar-refractivity contribution in [2.45, 2.75) is 99.2 Å². The highest BCUT2D eigenvalue weighted by atomic mass is 16.4. The lowest BCUT2D eigenvalue weighted by atomic mass is 9.42. The average molecular weight is 515 g/mol. The lowest BCUT2D eigenvalue weighted by molar-refractivity contribution is -0.145. The predicted octanol–water partition coefficient (Wildman–Crippen LogP) is 4.05. The van der Waals surface area contributed by atoms with E-state index in [4.69, 9.17) is 5.11 Å². The number of carboxylic acid groups (broad SMARTS) is 1. The fraction of sp³-hybridized carbons (Fsp3) is 0.733. The van der Waals surface area contributed by atoms with Crippen LogP contribution in [0.15, 0.2) is 22.8 Å². The van der Waals surface area contributed by atoms with Gasteiger partial charge in [0, 0.05) is 41.1 Å². The fourth-order valence-corrected chi connectivity index (χ4v) is 8.77. The summed E-state index contributed by atoms with van der Waals surface area (Å²) < 4.78 is 0. The summed E-state index contributed by atoms with van der Waals surface area (Å²) in [4.78, 5) is 50.7. The average Bonchev–Trinajstić information content (AvgIpc) is 2.99. The zero-order chi connectivity index (χ0) is 27.9. The minimum absolute atomic E-state index is 0.0379. The molecule has 0 aromatic rings. The van der Waals surface area contributed by atoms with Gasteiger partial charge < -0.3 is 15.3 Å². The van der Waals surface area contributed by atoms with E-state index in [-0.39, 0.29) is 42.0 Å². The number of carbonyl (C=O) groups is 4. The summed E-state index contributed by atoms with van der Waals surface area (Å²) in [5.74, 6) is -2.44. The van der Waals surface area contributed by atoms with Gasteiger partial charge in [-0.2, -0.15) is 0 Å². The first-order valence-electron chi connectivity index (χ1n) is 13.5. The van der Waals surface area contributed by atoms with Crippen molar-refractivity contribution in [3.63, 3.8) is 0 Å². The van der Waals surface area contributed by atoms with E-state index in [1.807, 2.05) is 34.6 Å². The molecule has 204 valence electrons. The Morgan fingerprint density at radius 1 is 1.08 bits per heavy atom. The van der Waals surface area contributed by atoms with Crippen LogP contribution < -0.4 is 0 Å². The van der Waals surface area contributed by atoms with Crippen molar-refractivity contribution in [3.05, 3.63) is 22.8 Å². The first kappa shape index (κ1) is 27.9. The Hall–Kier alpha value is -2.12. The van der Waals surface area contributed by atoms with Crippen molar-refractivity contribution in [1.82, 2.24) is 0 Å². The number of carboxylic acids is 1. The van der Waals surface area contributed by atoms with Gasteiger partial charge in [-0.1, -0.05) is 47.1 Å². The molecule has 7 heteroatoms. The van der Waals surface area contributed by atoms with Crippen molar-refractivity contribution in [2.24, 2.45) is 39.4 Å². The molecule has 4 aliphatic rings. The van der Waals surface area contributed by atoms with Crippen LogP contribution in [0.1, 0.15) is 87.0 Å². The van der Waals surface area contributed by atoms with Gasteiger partial charge in [0.05, 0.1) is 18.1 Å². The predicted molar refractivity (Wildman–Crippen MR) is 137 cm³/mol. The fourth-order valence-electron chi connectivity index (χ4n) is 8.77. The lowest BCUT2D eigenvalue weighted by Crippen LogP contribution is -2.60. The normalized spacial score (nSPS) is 42.1. The number of rotatable bonds is 5. The molecule has 0 amide bonds. The summed E-state index contributed by atoms with van der Waals surface area (Å²) in [5.41, 5.74) is -0.855. The number of aliphatic hydroxyl groups excluding tert-OH is 2. The van der Waals surface area contributed by atoms with Gasteiger partial charge in [0.25, 0.3) is 0 Å². The molecular weight excluding hydrogens is 472 g/mol. The molecule has 0 heterocycles. The van der Waals surface area contributed by atoms with Crippen LogP contribution in [0, 0.1) is 39.4 Å². The second-order valence-electron chi connectivity index (χ2n) is 13.5.